The van der Waals surface area contributed by atoms with Crippen LogP contribution in [0, 0.1) is 0 Å². The van der Waals surface area contributed by atoms with Crippen molar-refractivity contribution in [1.29, 1.82) is 0 Å². The molecule has 0 radical (unpaired) electrons. The third-order valence-corrected chi connectivity index (χ3v) is 3.60. The lowest BCUT2D eigenvalue weighted by molar-refractivity contribution is 0.0952. The van der Waals surface area contributed by atoms with Crippen LogP contribution in [0.1, 0.15) is 15.9 Å². The first-order valence-corrected chi connectivity index (χ1v) is 6.71. The summed E-state index contributed by atoms with van der Waals surface area (Å²) >= 11 is 6.07. The lowest BCUT2D eigenvalue weighted by Crippen LogP contribution is -2.23. The molecule has 20 heavy (non-hydrogen) atoms. The van der Waals surface area contributed by atoms with Crippen molar-refractivity contribution < 1.29 is 4.79 Å². The molecule has 3 rings (SSSR count). The van der Waals surface area contributed by atoms with Crippen molar-refractivity contribution >= 4 is 28.4 Å². The van der Waals surface area contributed by atoms with E-state index < -0.39 is 0 Å². The summed E-state index contributed by atoms with van der Waals surface area (Å²) in [4.78, 5) is 15.4. The number of hydrogen-bond donors (Lipinski definition) is 2. The van der Waals surface area contributed by atoms with Crippen molar-refractivity contribution in [1.82, 2.24) is 10.3 Å². The number of rotatable bonds is 3. The van der Waals surface area contributed by atoms with Crippen molar-refractivity contribution in [2.24, 2.45) is 0 Å². The third kappa shape index (κ3) is 2.40. The van der Waals surface area contributed by atoms with Crippen molar-refractivity contribution in [3.63, 3.8) is 0 Å². The quantitative estimate of drug-likeness (QED) is 0.756. The second kappa shape index (κ2) is 5.39. The van der Waals surface area contributed by atoms with Gasteiger partial charge in [0.05, 0.1) is 11.1 Å². The van der Waals surface area contributed by atoms with E-state index in [0.29, 0.717) is 17.1 Å². The number of H-pyrrole nitrogens is 1. The topological polar surface area (TPSA) is 44.9 Å². The number of para-hydroxylation sites is 1. The number of benzene rings is 2. The Morgan fingerprint density at radius 3 is 2.80 bits per heavy atom. The fourth-order valence-corrected chi connectivity index (χ4v) is 2.39. The fraction of sp³-hybridized carbons (Fsp3) is 0.0625. The highest BCUT2D eigenvalue weighted by atomic mass is 35.5. The molecule has 0 aliphatic rings. The molecule has 3 aromatic rings. The molecule has 0 spiro atoms. The number of hydrogen-bond acceptors (Lipinski definition) is 1. The van der Waals surface area contributed by atoms with E-state index >= 15 is 0 Å². The number of aromatic nitrogens is 1. The molecule has 0 fully saturated rings. The molecule has 0 atom stereocenters. The van der Waals surface area contributed by atoms with Crippen LogP contribution in [0.5, 0.6) is 0 Å². The van der Waals surface area contributed by atoms with Crippen LogP contribution in [0.15, 0.2) is 54.7 Å². The summed E-state index contributed by atoms with van der Waals surface area (Å²) in [6.07, 6.45) is 1.83. The van der Waals surface area contributed by atoms with Crippen LogP contribution in [0.3, 0.4) is 0 Å². The number of aromatic amines is 1. The van der Waals surface area contributed by atoms with Gasteiger partial charge in [-0.25, -0.2) is 0 Å². The summed E-state index contributed by atoms with van der Waals surface area (Å²) in [7, 11) is 0. The van der Waals surface area contributed by atoms with Gasteiger partial charge in [0, 0.05) is 23.2 Å². The molecule has 0 saturated heterocycles. The molecule has 0 unspecified atom stereocenters. The maximum Gasteiger partial charge on any atom is 0.253 e. The van der Waals surface area contributed by atoms with Crippen molar-refractivity contribution in [3.8, 4) is 0 Å². The Balaban J connectivity index is 1.80. The third-order valence-electron chi connectivity index (χ3n) is 3.23. The van der Waals surface area contributed by atoms with Gasteiger partial charge in [-0.2, -0.15) is 0 Å². The van der Waals surface area contributed by atoms with Crippen LogP contribution in [-0.4, -0.2) is 10.9 Å². The van der Waals surface area contributed by atoms with Gasteiger partial charge in [-0.15, -0.1) is 0 Å². The standard InChI is InChI=1S/C16H13ClN2O/c17-14-7-2-1-4-12(14)10-19-16(20)13-6-3-5-11-8-9-18-15(11)13/h1-9,18H,10H2,(H,19,20). The Hall–Kier alpha value is -2.26. The van der Waals surface area contributed by atoms with Crippen LogP contribution in [0.4, 0.5) is 0 Å². The average molecular weight is 285 g/mol. The van der Waals surface area contributed by atoms with Crippen LogP contribution in [0.25, 0.3) is 10.9 Å². The van der Waals surface area contributed by atoms with Gasteiger partial charge in [-0.1, -0.05) is 41.9 Å². The van der Waals surface area contributed by atoms with Gasteiger partial charge in [0.2, 0.25) is 0 Å². The predicted molar refractivity (Wildman–Crippen MR) is 80.9 cm³/mol. The Kier molecular flexibility index (Phi) is 3.44. The number of fused-ring (bicyclic) bond motifs is 1. The highest BCUT2D eigenvalue weighted by Gasteiger charge is 2.10. The molecule has 1 aromatic heterocycles. The summed E-state index contributed by atoms with van der Waals surface area (Å²) in [6.45, 7) is 0.412. The minimum atomic E-state index is -0.113. The van der Waals surface area contributed by atoms with Crippen molar-refractivity contribution in [2.75, 3.05) is 0 Å². The van der Waals surface area contributed by atoms with E-state index in [0.717, 1.165) is 16.5 Å². The largest absolute Gasteiger partial charge is 0.361 e. The van der Waals surface area contributed by atoms with Gasteiger partial charge in [0.1, 0.15) is 0 Å². The Bertz CT molecular complexity index is 764. The molecule has 0 aliphatic heterocycles. The van der Waals surface area contributed by atoms with E-state index in [1.54, 1.807) is 6.07 Å². The summed E-state index contributed by atoms with van der Waals surface area (Å²) in [6, 6.07) is 15.1. The SMILES string of the molecule is O=C(NCc1ccccc1Cl)c1cccc2cc[nH]c12. The van der Waals surface area contributed by atoms with E-state index in [1.165, 1.54) is 0 Å². The zero-order chi connectivity index (χ0) is 13.9. The Morgan fingerprint density at radius 2 is 1.95 bits per heavy atom. The Labute approximate surface area is 121 Å². The Morgan fingerprint density at radius 1 is 1.10 bits per heavy atom. The minimum Gasteiger partial charge on any atom is -0.361 e. The molecule has 1 heterocycles. The molecule has 3 nitrogen and oxygen atoms in total. The first-order chi connectivity index (χ1) is 9.75. The summed E-state index contributed by atoms with van der Waals surface area (Å²) < 4.78 is 0. The summed E-state index contributed by atoms with van der Waals surface area (Å²) in [5, 5.41) is 4.58. The molecule has 1 amide bonds. The van der Waals surface area contributed by atoms with Crippen molar-refractivity contribution in [3.05, 3.63) is 70.9 Å². The highest BCUT2D eigenvalue weighted by molar-refractivity contribution is 6.31. The van der Waals surface area contributed by atoms with Gasteiger partial charge in [-0.3, -0.25) is 4.79 Å². The van der Waals surface area contributed by atoms with Crippen LogP contribution in [0.2, 0.25) is 5.02 Å². The second-order valence-electron chi connectivity index (χ2n) is 4.52. The molecule has 0 aliphatic carbocycles. The monoisotopic (exact) mass is 284 g/mol. The number of nitrogens with one attached hydrogen (secondary N) is 2. The van der Waals surface area contributed by atoms with E-state index in [1.807, 2.05) is 48.7 Å². The van der Waals surface area contributed by atoms with E-state index in [9.17, 15) is 4.79 Å². The van der Waals surface area contributed by atoms with Crippen molar-refractivity contribution in [2.45, 2.75) is 6.54 Å². The number of carbonyl (C=O) groups is 1. The molecule has 100 valence electrons. The van der Waals surface area contributed by atoms with Gasteiger partial charge in [0.15, 0.2) is 0 Å². The molecule has 2 N–H and O–H groups in total. The fourth-order valence-electron chi connectivity index (χ4n) is 2.19. The maximum atomic E-state index is 12.3. The molecule has 4 heteroatoms. The molecule has 0 bridgehead atoms. The maximum absolute atomic E-state index is 12.3. The highest BCUT2D eigenvalue weighted by Crippen LogP contribution is 2.18. The number of carbonyl (C=O) groups excluding carboxylic acids is 1. The predicted octanol–water partition coefficient (Wildman–Crippen LogP) is 3.75. The summed E-state index contributed by atoms with van der Waals surface area (Å²) in [5.41, 5.74) is 2.39. The number of amides is 1. The minimum absolute atomic E-state index is 0.113. The van der Waals surface area contributed by atoms with E-state index in [2.05, 4.69) is 10.3 Å². The first kappa shape index (κ1) is 12.8. The van der Waals surface area contributed by atoms with Crippen LogP contribution >= 0.6 is 11.6 Å². The van der Waals surface area contributed by atoms with Gasteiger partial charge in [-0.05, 0) is 23.8 Å². The molecular formula is C16H13ClN2O. The smallest absolute Gasteiger partial charge is 0.253 e. The lowest BCUT2D eigenvalue weighted by atomic mass is 10.1. The van der Waals surface area contributed by atoms with Crippen LogP contribution in [-0.2, 0) is 6.54 Å². The first-order valence-electron chi connectivity index (χ1n) is 6.33. The molecule has 0 saturated carbocycles. The molecular weight excluding hydrogens is 272 g/mol. The average Bonchev–Trinajstić information content (AvgIpc) is 2.94. The molecule has 2 aromatic carbocycles. The zero-order valence-corrected chi connectivity index (χ0v) is 11.4. The summed E-state index contributed by atoms with van der Waals surface area (Å²) in [5.74, 6) is -0.113. The van der Waals surface area contributed by atoms with Crippen LogP contribution < -0.4 is 5.32 Å². The van der Waals surface area contributed by atoms with E-state index in [-0.39, 0.29) is 5.91 Å². The zero-order valence-electron chi connectivity index (χ0n) is 10.7. The second-order valence-corrected chi connectivity index (χ2v) is 4.93. The van der Waals surface area contributed by atoms with Gasteiger partial charge >= 0.3 is 0 Å². The van der Waals surface area contributed by atoms with Gasteiger partial charge in [0.25, 0.3) is 5.91 Å². The lowest BCUT2D eigenvalue weighted by Gasteiger charge is -2.07. The normalized spacial score (nSPS) is 10.7. The number of halogens is 1. The van der Waals surface area contributed by atoms with E-state index in [4.69, 9.17) is 11.6 Å². The van der Waals surface area contributed by atoms with Gasteiger partial charge < -0.3 is 10.3 Å².